The summed E-state index contributed by atoms with van der Waals surface area (Å²) < 4.78 is 0. The van der Waals surface area contributed by atoms with Crippen molar-refractivity contribution in [2.24, 2.45) is 0 Å². The fourth-order valence-corrected chi connectivity index (χ4v) is 1.53. The Morgan fingerprint density at radius 3 is 2.56 bits per heavy atom. The van der Waals surface area contributed by atoms with Crippen molar-refractivity contribution in [2.75, 3.05) is 12.0 Å². The van der Waals surface area contributed by atoms with Gasteiger partial charge in [-0.05, 0) is 18.6 Å². The number of anilines is 1. The van der Waals surface area contributed by atoms with Crippen LogP contribution in [0.2, 0.25) is 0 Å². The fraction of sp³-hybridized carbons (Fsp3) is 0.364. The Morgan fingerprint density at radius 2 is 2.00 bits per heavy atom. The number of rotatable bonds is 3. The maximum Gasteiger partial charge on any atom is 0.231 e. The molecule has 1 aliphatic rings. The standard InChI is InChI=1S/C11H13N3O2/c1-8-2-3-9(12-6-8)13-7-14-10(15)4-5-11(14)16/h2-3,6H,4-5,7H2,1H3,(H,12,13). The molecule has 1 aromatic rings. The highest BCUT2D eigenvalue weighted by Crippen LogP contribution is 2.12. The van der Waals surface area contributed by atoms with Crippen molar-refractivity contribution >= 4 is 17.6 Å². The van der Waals surface area contributed by atoms with Crippen LogP contribution in [-0.2, 0) is 9.59 Å². The number of hydrogen-bond donors (Lipinski definition) is 1. The number of hydrogen-bond acceptors (Lipinski definition) is 4. The van der Waals surface area contributed by atoms with E-state index < -0.39 is 0 Å². The van der Waals surface area contributed by atoms with Gasteiger partial charge in [0.25, 0.3) is 0 Å². The quantitative estimate of drug-likeness (QED) is 0.767. The lowest BCUT2D eigenvalue weighted by atomic mass is 10.3. The maximum atomic E-state index is 11.3. The van der Waals surface area contributed by atoms with E-state index in [1.807, 2.05) is 19.1 Å². The summed E-state index contributed by atoms with van der Waals surface area (Å²) in [7, 11) is 0. The first-order valence-corrected chi connectivity index (χ1v) is 5.16. The van der Waals surface area contributed by atoms with Gasteiger partial charge in [0.15, 0.2) is 0 Å². The maximum absolute atomic E-state index is 11.3. The number of nitrogens with one attached hydrogen (secondary N) is 1. The molecule has 0 bridgehead atoms. The monoisotopic (exact) mass is 219 g/mol. The minimum Gasteiger partial charge on any atom is -0.352 e. The van der Waals surface area contributed by atoms with Crippen molar-refractivity contribution in [3.63, 3.8) is 0 Å². The van der Waals surface area contributed by atoms with Gasteiger partial charge in [-0.2, -0.15) is 0 Å². The predicted octanol–water partition coefficient (Wildman–Crippen LogP) is 0.908. The Balaban J connectivity index is 1.94. The molecular formula is C11H13N3O2. The lowest BCUT2D eigenvalue weighted by molar-refractivity contribution is -0.137. The molecule has 1 aromatic heterocycles. The van der Waals surface area contributed by atoms with Crippen LogP contribution in [0.15, 0.2) is 18.3 Å². The van der Waals surface area contributed by atoms with Gasteiger partial charge in [0.1, 0.15) is 5.82 Å². The first-order valence-electron chi connectivity index (χ1n) is 5.16. The number of aryl methyl sites for hydroxylation is 1. The number of nitrogens with zero attached hydrogens (tertiary/aromatic N) is 2. The van der Waals surface area contributed by atoms with Crippen LogP contribution in [0.25, 0.3) is 0 Å². The summed E-state index contributed by atoms with van der Waals surface area (Å²) in [6.07, 6.45) is 2.37. The molecule has 84 valence electrons. The van der Waals surface area contributed by atoms with Crippen LogP contribution in [0.3, 0.4) is 0 Å². The van der Waals surface area contributed by atoms with Gasteiger partial charge in [-0.15, -0.1) is 0 Å². The average Bonchev–Trinajstić information content (AvgIpc) is 2.59. The van der Waals surface area contributed by atoms with Gasteiger partial charge in [-0.3, -0.25) is 14.5 Å². The Morgan fingerprint density at radius 1 is 1.31 bits per heavy atom. The molecule has 1 aliphatic heterocycles. The van der Waals surface area contributed by atoms with E-state index in [2.05, 4.69) is 10.3 Å². The van der Waals surface area contributed by atoms with E-state index in [-0.39, 0.29) is 18.5 Å². The molecular weight excluding hydrogens is 206 g/mol. The number of carbonyl (C=O) groups is 2. The highest BCUT2D eigenvalue weighted by Gasteiger charge is 2.28. The third-order valence-corrected chi connectivity index (χ3v) is 2.48. The van der Waals surface area contributed by atoms with Crippen molar-refractivity contribution in [1.82, 2.24) is 9.88 Å². The van der Waals surface area contributed by atoms with E-state index >= 15 is 0 Å². The van der Waals surface area contributed by atoms with Crippen LogP contribution in [0, 0.1) is 6.92 Å². The van der Waals surface area contributed by atoms with Crippen molar-refractivity contribution in [3.05, 3.63) is 23.9 Å². The van der Waals surface area contributed by atoms with Crippen LogP contribution in [0.5, 0.6) is 0 Å². The van der Waals surface area contributed by atoms with E-state index in [0.29, 0.717) is 18.7 Å². The molecule has 1 N–H and O–H groups in total. The summed E-state index contributed by atoms with van der Waals surface area (Å²) >= 11 is 0. The summed E-state index contributed by atoms with van der Waals surface area (Å²) in [4.78, 5) is 28.0. The smallest absolute Gasteiger partial charge is 0.231 e. The lowest BCUT2D eigenvalue weighted by Crippen LogP contribution is -2.34. The molecule has 0 saturated carbocycles. The van der Waals surface area contributed by atoms with Crippen LogP contribution in [-0.4, -0.2) is 28.4 Å². The second-order valence-electron chi connectivity index (χ2n) is 3.77. The van der Waals surface area contributed by atoms with Gasteiger partial charge in [0.2, 0.25) is 11.8 Å². The third kappa shape index (κ3) is 2.18. The van der Waals surface area contributed by atoms with Crippen molar-refractivity contribution in [2.45, 2.75) is 19.8 Å². The van der Waals surface area contributed by atoms with Crippen molar-refractivity contribution in [1.29, 1.82) is 0 Å². The molecule has 0 aromatic carbocycles. The van der Waals surface area contributed by atoms with Gasteiger partial charge in [0, 0.05) is 19.0 Å². The summed E-state index contributed by atoms with van der Waals surface area (Å²) in [5, 5.41) is 2.95. The van der Waals surface area contributed by atoms with E-state index in [1.54, 1.807) is 6.20 Å². The van der Waals surface area contributed by atoms with Crippen LogP contribution >= 0.6 is 0 Å². The largest absolute Gasteiger partial charge is 0.352 e. The summed E-state index contributed by atoms with van der Waals surface area (Å²) in [5.41, 5.74) is 1.07. The van der Waals surface area contributed by atoms with E-state index in [9.17, 15) is 9.59 Å². The van der Waals surface area contributed by atoms with Crippen LogP contribution in [0.4, 0.5) is 5.82 Å². The molecule has 5 heteroatoms. The minimum atomic E-state index is -0.121. The Labute approximate surface area is 93.5 Å². The molecule has 0 unspecified atom stereocenters. The molecule has 5 nitrogen and oxygen atoms in total. The van der Waals surface area contributed by atoms with Gasteiger partial charge in [0.05, 0.1) is 6.67 Å². The Hall–Kier alpha value is -1.91. The first-order chi connectivity index (χ1) is 7.66. The molecule has 0 radical (unpaired) electrons. The summed E-state index contributed by atoms with van der Waals surface area (Å²) in [6, 6.07) is 3.74. The number of carbonyl (C=O) groups excluding carboxylic acids is 2. The summed E-state index contributed by atoms with van der Waals surface area (Å²) in [5.74, 6) is 0.423. The molecule has 2 amide bonds. The zero-order valence-corrected chi connectivity index (χ0v) is 9.06. The normalized spacial score (nSPS) is 15.7. The molecule has 0 spiro atoms. The highest BCUT2D eigenvalue weighted by molar-refractivity contribution is 6.02. The molecule has 2 rings (SSSR count). The second-order valence-corrected chi connectivity index (χ2v) is 3.77. The van der Waals surface area contributed by atoms with Gasteiger partial charge in [-0.25, -0.2) is 4.98 Å². The molecule has 0 atom stereocenters. The van der Waals surface area contributed by atoms with E-state index in [4.69, 9.17) is 0 Å². The van der Waals surface area contributed by atoms with E-state index in [0.717, 1.165) is 5.56 Å². The number of aromatic nitrogens is 1. The van der Waals surface area contributed by atoms with Crippen molar-refractivity contribution < 1.29 is 9.59 Å². The van der Waals surface area contributed by atoms with Crippen molar-refractivity contribution in [3.8, 4) is 0 Å². The number of amides is 2. The average molecular weight is 219 g/mol. The highest BCUT2D eigenvalue weighted by atomic mass is 16.2. The molecule has 2 heterocycles. The van der Waals surface area contributed by atoms with Gasteiger partial charge in [-0.1, -0.05) is 6.07 Å². The predicted molar refractivity (Wildman–Crippen MR) is 58.6 cm³/mol. The topological polar surface area (TPSA) is 62.3 Å². The Kier molecular flexibility index (Phi) is 2.85. The molecule has 0 aliphatic carbocycles. The minimum absolute atomic E-state index is 0.121. The summed E-state index contributed by atoms with van der Waals surface area (Å²) in [6.45, 7) is 2.15. The van der Waals surface area contributed by atoms with Gasteiger partial charge < -0.3 is 5.32 Å². The van der Waals surface area contributed by atoms with Gasteiger partial charge >= 0.3 is 0 Å². The van der Waals surface area contributed by atoms with Crippen LogP contribution < -0.4 is 5.32 Å². The SMILES string of the molecule is Cc1ccc(NCN2C(=O)CCC2=O)nc1. The first kappa shape index (κ1) is 10.6. The molecule has 1 saturated heterocycles. The number of likely N-dealkylation sites (tertiary alicyclic amines) is 1. The second kappa shape index (κ2) is 4.30. The third-order valence-electron chi connectivity index (χ3n) is 2.48. The molecule has 16 heavy (non-hydrogen) atoms. The van der Waals surface area contributed by atoms with E-state index in [1.165, 1.54) is 4.90 Å². The molecule has 1 fully saturated rings. The zero-order valence-electron chi connectivity index (χ0n) is 9.06. The zero-order chi connectivity index (χ0) is 11.5. The fourth-order valence-electron chi connectivity index (χ4n) is 1.53. The van der Waals surface area contributed by atoms with Crippen LogP contribution in [0.1, 0.15) is 18.4 Å². The number of imide groups is 1. The number of pyridine rings is 1. The lowest BCUT2D eigenvalue weighted by Gasteiger charge is -2.14. The Bertz CT molecular complexity index is 398.